The zero-order chi connectivity index (χ0) is 23.0. The van der Waals surface area contributed by atoms with Gasteiger partial charge >= 0.3 is 12.0 Å². The fraction of sp³-hybridized carbons (Fsp3) is 0.120. The number of esters is 1. The van der Waals surface area contributed by atoms with E-state index in [2.05, 4.69) is 20.7 Å². The van der Waals surface area contributed by atoms with E-state index in [0.29, 0.717) is 23.5 Å². The molecule has 2 heterocycles. The second kappa shape index (κ2) is 10.2. The number of carbonyl (C=O) groups excluding carboxylic acids is 2. The summed E-state index contributed by atoms with van der Waals surface area (Å²) in [5.41, 5.74) is 4.15. The number of hydrogen-bond donors (Lipinski definition) is 2. The van der Waals surface area contributed by atoms with Crippen LogP contribution in [0.5, 0.6) is 0 Å². The number of benzene rings is 2. The second-order valence-electron chi connectivity index (χ2n) is 7.12. The van der Waals surface area contributed by atoms with Crippen molar-refractivity contribution < 1.29 is 14.3 Å². The quantitative estimate of drug-likeness (QED) is 0.414. The molecule has 4 aromatic rings. The largest absolute Gasteiger partial charge is 0.462 e. The first-order valence-corrected chi connectivity index (χ1v) is 10.5. The molecule has 0 spiro atoms. The molecule has 0 fully saturated rings. The van der Waals surface area contributed by atoms with Crippen LogP contribution in [0.1, 0.15) is 22.8 Å². The highest BCUT2D eigenvalue weighted by atomic mass is 16.5. The normalized spacial score (nSPS) is 10.5. The molecular weight excluding hydrogens is 418 g/mol. The average molecular weight is 441 g/mol. The zero-order valence-corrected chi connectivity index (χ0v) is 18.1. The van der Waals surface area contributed by atoms with Crippen LogP contribution in [0.15, 0.2) is 85.3 Å². The van der Waals surface area contributed by atoms with Crippen LogP contribution in [-0.2, 0) is 11.3 Å². The summed E-state index contributed by atoms with van der Waals surface area (Å²) in [4.78, 5) is 28.7. The molecule has 0 saturated heterocycles. The van der Waals surface area contributed by atoms with Crippen molar-refractivity contribution >= 4 is 17.7 Å². The van der Waals surface area contributed by atoms with E-state index in [1.165, 1.54) is 6.20 Å². The maximum absolute atomic E-state index is 12.5. The highest BCUT2D eigenvalue weighted by Crippen LogP contribution is 2.27. The Bertz CT molecular complexity index is 1220. The van der Waals surface area contributed by atoms with Gasteiger partial charge in [0.2, 0.25) is 0 Å². The smallest absolute Gasteiger partial charge is 0.342 e. The van der Waals surface area contributed by atoms with Crippen LogP contribution in [0.2, 0.25) is 0 Å². The summed E-state index contributed by atoms with van der Waals surface area (Å²) in [6, 6.07) is 20.1. The van der Waals surface area contributed by atoms with Gasteiger partial charge in [-0.3, -0.25) is 4.98 Å². The molecule has 8 heteroatoms. The van der Waals surface area contributed by atoms with Crippen LogP contribution in [0.25, 0.3) is 16.9 Å². The van der Waals surface area contributed by atoms with Crippen molar-refractivity contribution in [3.8, 4) is 16.9 Å². The molecule has 0 aliphatic rings. The number of nitrogens with zero attached hydrogens (tertiary/aromatic N) is 3. The number of ether oxygens (including phenoxy) is 1. The van der Waals surface area contributed by atoms with Gasteiger partial charge in [0.25, 0.3) is 0 Å². The van der Waals surface area contributed by atoms with Crippen molar-refractivity contribution in [1.29, 1.82) is 0 Å². The van der Waals surface area contributed by atoms with Crippen LogP contribution in [0, 0.1) is 0 Å². The fourth-order valence-electron chi connectivity index (χ4n) is 3.32. The van der Waals surface area contributed by atoms with Crippen molar-refractivity contribution in [2.75, 3.05) is 11.9 Å². The van der Waals surface area contributed by atoms with Crippen molar-refractivity contribution in [2.24, 2.45) is 0 Å². The molecule has 2 amide bonds. The number of urea groups is 1. The molecule has 0 unspecified atom stereocenters. The molecule has 4 rings (SSSR count). The maximum Gasteiger partial charge on any atom is 0.342 e. The average Bonchev–Trinajstić information content (AvgIpc) is 3.30. The summed E-state index contributed by atoms with van der Waals surface area (Å²) < 4.78 is 6.89. The first kappa shape index (κ1) is 21.8. The lowest BCUT2D eigenvalue weighted by molar-refractivity contribution is 0.0527. The van der Waals surface area contributed by atoms with Gasteiger partial charge in [-0.05, 0) is 42.8 Å². The van der Waals surface area contributed by atoms with Crippen LogP contribution >= 0.6 is 0 Å². The Kier molecular flexibility index (Phi) is 6.75. The minimum atomic E-state index is -0.425. The highest BCUT2D eigenvalue weighted by molar-refractivity contribution is 5.96. The van der Waals surface area contributed by atoms with E-state index in [1.807, 2.05) is 54.6 Å². The SMILES string of the molecule is CCOC(=O)c1cnn(-c2ccc(NC(=O)NCc3cccnc3)cc2)c1-c1ccccc1. The topological polar surface area (TPSA) is 98.1 Å². The highest BCUT2D eigenvalue weighted by Gasteiger charge is 2.21. The molecule has 2 aromatic heterocycles. The van der Waals surface area contributed by atoms with Gasteiger partial charge in [0.15, 0.2) is 0 Å². The Morgan fingerprint density at radius 3 is 2.45 bits per heavy atom. The summed E-state index contributed by atoms with van der Waals surface area (Å²) in [6.45, 7) is 2.42. The lowest BCUT2D eigenvalue weighted by Gasteiger charge is -2.11. The molecule has 0 atom stereocenters. The summed E-state index contributed by atoms with van der Waals surface area (Å²) in [5.74, 6) is -0.425. The second-order valence-corrected chi connectivity index (χ2v) is 7.12. The molecule has 0 aliphatic carbocycles. The van der Waals surface area contributed by atoms with E-state index in [4.69, 9.17) is 4.74 Å². The predicted octanol–water partition coefficient (Wildman–Crippen LogP) is 4.43. The van der Waals surface area contributed by atoms with Gasteiger partial charge in [0, 0.05) is 30.2 Å². The number of anilines is 1. The number of carbonyl (C=O) groups is 2. The van der Waals surface area contributed by atoms with Crippen LogP contribution in [0.4, 0.5) is 10.5 Å². The minimum absolute atomic E-state index is 0.279. The predicted molar refractivity (Wildman–Crippen MR) is 125 cm³/mol. The number of hydrogen-bond acceptors (Lipinski definition) is 5. The van der Waals surface area contributed by atoms with E-state index in [-0.39, 0.29) is 12.6 Å². The van der Waals surface area contributed by atoms with E-state index < -0.39 is 5.97 Å². The molecule has 0 aliphatic heterocycles. The lowest BCUT2D eigenvalue weighted by atomic mass is 10.1. The van der Waals surface area contributed by atoms with Gasteiger partial charge in [-0.2, -0.15) is 5.10 Å². The third kappa shape index (κ3) is 5.24. The molecule has 166 valence electrons. The van der Waals surface area contributed by atoms with Gasteiger partial charge < -0.3 is 15.4 Å². The van der Waals surface area contributed by atoms with Gasteiger partial charge in [0.05, 0.1) is 24.2 Å². The Morgan fingerprint density at radius 2 is 1.76 bits per heavy atom. The van der Waals surface area contributed by atoms with Crippen molar-refractivity contribution in [3.63, 3.8) is 0 Å². The van der Waals surface area contributed by atoms with Gasteiger partial charge in [0.1, 0.15) is 5.56 Å². The molecule has 0 radical (unpaired) electrons. The van der Waals surface area contributed by atoms with E-state index in [9.17, 15) is 9.59 Å². The monoisotopic (exact) mass is 441 g/mol. The molecular formula is C25H23N5O3. The first-order valence-electron chi connectivity index (χ1n) is 10.5. The Hall–Kier alpha value is -4.46. The summed E-state index contributed by atoms with van der Waals surface area (Å²) >= 11 is 0. The minimum Gasteiger partial charge on any atom is -0.462 e. The molecule has 8 nitrogen and oxygen atoms in total. The number of pyridine rings is 1. The Morgan fingerprint density at radius 1 is 0.970 bits per heavy atom. The fourth-order valence-corrected chi connectivity index (χ4v) is 3.32. The molecule has 2 N–H and O–H groups in total. The zero-order valence-electron chi connectivity index (χ0n) is 18.1. The maximum atomic E-state index is 12.5. The van der Waals surface area contributed by atoms with E-state index in [0.717, 1.165) is 16.8 Å². The Labute approximate surface area is 191 Å². The van der Waals surface area contributed by atoms with Crippen molar-refractivity contribution in [1.82, 2.24) is 20.1 Å². The van der Waals surface area contributed by atoms with E-state index >= 15 is 0 Å². The lowest BCUT2D eigenvalue weighted by Crippen LogP contribution is -2.28. The Balaban J connectivity index is 1.53. The van der Waals surface area contributed by atoms with Gasteiger partial charge in [-0.1, -0.05) is 36.4 Å². The third-order valence-corrected chi connectivity index (χ3v) is 4.86. The van der Waals surface area contributed by atoms with Crippen LogP contribution in [0.3, 0.4) is 0 Å². The molecule has 0 bridgehead atoms. The van der Waals surface area contributed by atoms with Gasteiger partial charge in [-0.15, -0.1) is 0 Å². The molecule has 2 aromatic carbocycles. The van der Waals surface area contributed by atoms with Crippen LogP contribution < -0.4 is 10.6 Å². The van der Waals surface area contributed by atoms with Crippen molar-refractivity contribution in [3.05, 3.63) is 96.4 Å². The number of nitrogens with one attached hydrogen (secondary N) is 2. The van der Waals surface area contributed by atoms with Gasteiger partial charge in [-0.25, -0.2) is 14.3 Å². The summed E-state index contributed by atoms with van der Waals surface area (Å²) in [7, 11) is 0. The molecule has 0 saturated carbocycles. The van der Waals surface area contributed by atoms with Crippen LogP contribution in [-0.4, -0.2) is 33.4 Å². The summed E-state index contributed by atoms with van der Waals surface area (Å²) in [5, 5.41) is 10.0. The third-order valence-electron chi connectivity index (χ3n) is 4.86. The number of aromatic nitrogens is 3. The standard InChI is InChI=1S/C25H23N5O3/c1-2-33-24(31)22-17-28-30(23(22)19-8-4-3-5-9-19)21-12-10-20(11-13-21)29-25(32)27-16-18-7-6-14-26-15-18/h3-15,17H,2,16H2,1H3,(H2,27,29,32). The summed E-state index contributed by atoms with van der Waals surface area (Å²) in [6.07, 6.45) is 4.90. The van der Waals surface area contributed by atoms with Crippen molar-refractivity contribution in [2.45, 2.75) is 13.5 Å². The number of rotatable bonds is 7. The van der Waals surface area contributed by atoms with E-state index in [1.54, 1.807) is 36.1 Å². The first-order chi connectivity index (χ1) is 16.2. The molecule has 33 heavy (non-hydrogen) atoms. The number of amides is 2.